The van der Waals surface area contributed by atoms with Gasteiger partial charge in [-0.15, -0.1) is 0 Å². The van der Waals surface area contributed by atoms with Crippen LogP contribution in [0.15, 0.2) is 6.20 Å². The van der Waals surface area contributed by atoms with Crippen LogP contribution in [0.3, 0.4) is 0 Å². The maximum atomic E-state index is 6.25. The second-order valence-corrected chi connectivity index (χ2v) is 5.96. The molecular weight excluding hydrogens is 262 g/mol. The number of rotatable bonds is 3. The van der Waals surface area contributed by atoms with Gasteiger partial charge in [0.25, 0.3) is 0 Å². The number of aromatic nitrogens is 2. The van der Waals surface area contributed by atoms with Crippen molar-refractivity contribution in [2.75, 3.05) is 43.4 Å². The lowest BCUT2D eigenvalue weighted by atomic mass is 10.00. The maximum Gasteiger partial charge on any atom is 0.224 e. The van der Waals surface area contributed by atoms with E-state index in [2.05, 4.69) is 46.0 Å². The molecule has 1 aromatic rings. The van der Waals surface area contributed by atoms with E-state index in [1.807, 2.05) is 6.92 Å². The molecule has 6 heteroatoms. The fraction of sp³-hybridized carbons (Fsp3) is 0.692. The number of nitrogens with one attached hydrogen (secondary N) is 1. The Morgan fingerprint density at radius 3 is 2.79 bits per heavy atom. The molecule has 1 aliphatic rings. The van der Waals surface area contributed by atoms with Gasteiger partial charge < -0.3 is 10.2 Å². The van der Waals surface area contributed by atoms with Crippen molar-refractivity contribution in [3.05, 3.63) is 11.2 Å². The summed E-state index contributed by atoms with van der Waals surface area (Å²) in [6.07, 6.45) is 1.67. The molecule has 0 spiro atoms. The first kappa shape index (κ1) is 14.3. The molecule has 106 valence electrons. The molecule has 1 saturated heterocycles. The van der Waals surface area contributed by atoms with Crippen molar-refractivity contribution in [3.63, 3.8) is 0 Å². The van der Waals surface area contributed by atoms with Crippen molar-refractivity contribution in [1.29, 1.82) is 0 Å². The second-order valence-electron chi connectivity index (χ2n) is 5.55. The molecule has 1 N–H and O–H groups in total. The van der Waals surface area contributed by atoms with Crippen LogP contribution in [-0.4, -0.2) is 53.6 Å². The Labute approximate surface area is 120 Å². The lowest BCUT2D eigenvalue weighted by Gasteiger charge is -2.45. The maximum absolute atomic E-state index is 6.25. The molecule has 1 aliphatic heterocycles. The molecule has 2 rings (SSSR count). The fourth-order valence-corrected chi connectivity index (χ4v) is 2.45. The van der Waals surface area contributed by atoms with Gasteiger partial charge in [-0.3, -0.25) is 4.90 Å². The first-order valence-corrected chi connectivity index (χ1v) is 7.04. The van der Waals surface area contributed by atoms with Crippen LogP contribution in [0.2, 0.25) is 5.02 Å². The van der Waals surface area contributed by atoms with Gasteiger partial charge in [-0.25, -0.2) is 4.98 Å². The van der Waals surface area contributed by atoms with Crippen LogP contribution < -0.4 is 10.2 Å². The first-order valence-electron chi connectivity index (χ1n) is 6.66. The molecule has 5 nitrogen and oxygen atoms in total. The summed E-state index contributed by atoms with van der Waals surface area (Å²) in [6, 6.07) is 0. The SMILES string of the molecule is CCNc1ncc(Cl)c(N2CCN(C)C(C)(C)C2)n1. The van der Waals surface area contributed by atoms with E-state index in [1.54, 1.807) is 6.20 Å². The Balaban J connectivity index is 2.24. The number of anilines is 2. The van der Waals surface area contributed by atoms with Crippen molar-refractivity contribution in [1.82, 2.24) is 14.9 Å². The predicted molar refractivity (Wildman–Crippen MR) is 80.1 cm³/mol. The second kappa shape index (κ2) is 5.51. The van der Waals surface area contributed by atoms with Gasteiger partial charge >= 0.3 is 0 Å². The minimum atomic E-state index is 0.116. The molecule has 0 bridgehead atoms. The van der Waals surface area contributed by atoms with Crippen molar-refractivity contribution in [2.24, 2.45) is 0 Å². The third-order valence-electron chi connectivity index (χ3n) is 3.68. The minimum Gasteiger partial charge on any atom is -0.354 e. The van der Waals surface area contributed by atoms with Crippen LogP contribution in [0, 0.1) is 0 Å². The van der Waals surface area contributed by atoms with Gasteiger partial charge in [0, 0.05) is 31.7 Å². The van der Waals surface area contributed by atoms with Crippen molar-refractivity contribution < 1.29 is 0 Å². The highest BCUT2D eigenvalue weighted by Crippen LogP contribution is 2.28. The molecule has 1 aromatic heterocycles. The normalized spacial score (nSPS) is 19.5. The van der Waals surface area contributed by atoms with Gasteiger partial charge in [-0.1, -0.05) is 11.6 Å². The molecule has 19 heavy (non-hydrogen) atoms. The highest BCUT2D eigenvalue weighted by Gasteiger charge is 2.32. The number of nitrogens with zero attached hydrogens (tertiary/aromatic N) is 4. The number of piperazine rings is 1. The summed E-state index contributed by atoms with van der Waals surface area (Å²) >= 11 is 6.25. The van der Waals surface area contributed by atoms with Gasteiger partial charge in [0.15, 0.2) is 5.82 Å². The third kappa shape index (κ3) is 3.09. The summed E-state index contributed by atoms with van der Waals surface area (Å²) in [4.78, 5) is 13.3. The van der Waals surface area contributed by atoms with Crippen molar-refractivity contribution >= 4 is 23.4 Å². The van der Waals surface area contributed by atoms with E-state index < -0.39 is 0 Å². The zero-order chi connectivity index (χ0) is 14.0. The average molecular weight is 284 g/mol. The largest absolute Gasteiger partial charge is 0.354 e. The Morgan fingerprint density at radius 1 is 1.42 bits per heavy atom. The standard InChI is InChI=1S/C13H22ClN5/c1-5-15-12-16-8-10(14)11(17-12)19-7-6-18(4)13(2,3)9-19/h8H,5-7,9H2,1-4H3,(H,15,16,17). The minimum absolute atomic E-state index is 0.116. The molecule has 2 heterocycles. The van der Waals surface area contributed by atoms with E-state index in [1.165, 1.54) is 0 Å². The zero-order valence-corrected chi connectivity index (χ0v) is 12.8. The fourth-order valence-electron chi connectivity index (χ4n) is 2.24. The summed E-state index contributed by atoms with van der Waals surface area (Å²) in [6.45, 7) is 10.1. The quantitative estimate of drug-likeness (QED) is 0.920. The van der Waals surface area contributed by atoms with Gasteiger partial charge in [0.2, 0.25) is 5.95 Å². The van der Waals surface area contributed by atoms with Crippen LogP contribution in [0.25, 0.3) is 0 Å². The summed E-state index contributed by atoms with van der Waals surface area (Å²) in [5.74, 6) is 1.47. The van der Waals surface area contributed by atoms with Crippen molar-refractivity contribution in [2.45, 2.75) is 26.3 Å². The van der Waals surface area contributed by atoms with E-state index >= 15 is 0 Å². The first-order chi connectivity index (χ1) is 8.94. The van der Waals surface area contributed by atoms with E-state index in [0.29, 0.717) is 11.0 Å². The predicted octanol–water partition coefficient (Wildman–Crippen LogP) is 2.09. The topological polar surface area (TPSA) is 44.3 Å². The Kier molecular flexibility index (Phi) is 4.16. The molecule has 0 aliphatic carbocycles. The average Bonchev–Trinajstić information content (AvgIpc) is 2.35. The van der Waals surface area contributed by atoms with Gasteiger partial charge in [0.05, 0.1) is 6.20 Å². The lowest BCUT2D eigenvalue weighted by molar-refractivity contribution is 0.138. The molecule has 0 unspecified atom stereocenters. The summed E-state index contributed by atoms with van der Waals surface area (Å²) in [7, 11) is 2.16. The van der Waals surface area contributed by atoms with Gasteiger partial charge in [-0.05, 0) is 27.8 Å². The smallest absolute Gasteiger partial charge is 0.224 e. The lowest BCUT2D eigenvalue weighted by Crippen LogP contribution is -2.58. The Hall–Kier alpha value is -1.07. The van der Waals surface area contributed by atoms with Crippen LogP contribution in [0.4, 0.5) is 11.8 Å². The van der Waals surface area contributed by atoms with Crippen molar-refractivity contribution in [3.8, 4) is 0 Å². The summed E-state index contributed by atoms with van der Waals surface area (Å²) in [5, 5.41) is 3.74. The van der Waals surface area contributed by atoms with Crippen LogP contribution in [0.1, 0.15) is 20.8 Å². The van der Waals surface area contributed by atoms with Crippen LogP contribution in [-0.2, 0) is 0 Å². The number of hydrogen-bond donors (Lipinski definition) is 1. The van der Waals surface area contributed by atoms with Crippen LogP contribution >= 0.6 is 11.6 Å². The summed E-state index contributed by atoms with van der Waals surface area (Å²) < 4.78 is 0. The highest BCUT2D eigenvalue weighted by atomic mass is 35.5. The number of hydrogen-bond acceptors (Lipinski definition) is 5. The van der Waals surface area contributed by atoms with Gasteiger partial charge in [-0.2, -0.15) is 4.98 Å². The van der Waals surface area contributed by atoms with E-state index in [4.69, 9.17) is 11.6 Å². The highest BCUT2D eigenvalue weighted by molar-refractivity contribution is 6.32. The molecule has 0 radical (unpaired) electrons. The molecule has 0 amide bonds. The third-order valence-corrected chi connectivity index (χ3v) is 3.94. The van der Waals surface area contributed by atoms with E-state index in [-0.39, 0.29) is 5.54 Å². The molecule has 1 fully saturated rings. The molecule has 0 saturated carbocycles. The Morgan fingerprint density at radius 2 is 2.16 bits per heavy atom. The van der Waals surface area contributed by atoms with E-state index in [9.17, 15) is 0 Å². The number of likely N-dealkylation sites (N-methyl/N-ethyl adjacent to an activating group) is 1. The molecule has 0 atom stereocenters. The summed E-state index contributed by atoms with van der Waals surface area (Å²) in [5.41, 5.74) is 0.116. The molecule has 0 aromatic carbocycles. The van der Waals surface area contributed by atoms with Gasteiger partial charge in [0.1, 0.15) is 5.02 Å². The Bertz CT molecular complexity index is 449. The van der Waals surface area contributed by atoms with E-state index in [0.717, 1.165) is 32.0 Å². The zero-order valence-electron chi connectivity index (χ0n) is 12.1. The number of halogens is 1. The monoisotopic (exact) mass is 283 g/mol. The molecular formula is C13H22ClN5. The van der Waals surface area contributed by atoms with Crippen LogP contribution in [0.5, 0.6) is 0 Å².